The minimum Gasteiger partial charge on any atom is -0.481 e. The van der Waals surface area contributed by atoms with Gasteiger partial charge in [-0.25, -0.2) is 0 Å². The van der Waals surface area contributed by atoms with Crippen molar-refractivity contribution in [2.45, 2.75) is 76.0 Å². The summed E-state index contributed by atoms with van der Waals surface area (Å²) in [5, 5.41) is 16.2. The van der Waals surface area contributed by atoms with E-state index in [1.54, 1.807) is 0 Å². The van der Waals surface area contributed by atoms with Gasteiger partial charge in [0.2, 0.25) is 5.91 Å². The zero-order valence-electron chi connectivity index (χ0n) is 16.2. The molecule has 2 aliphatic heterocycles. The minimum absolute atomic E-state index is 0.106. The summed E-state index contributed by atoms with van der Waals surface area (Å²) < 4.78 is 5.73. The smallest absolute Gasteiger partial charge is 0.310 e. The average molecular weight is 419 g/mol. The molecule has 8 heteroatoms. The average Bonchev–Trinajstić information content (AvgIpc) is 3.46. The van der Waals surface area contributed by atoms with Gasteiger partial charge in [-0.3, -0.25) is 14.4 Å². The van der Waals surface area contributed by atoms with Crippen molar-refractivity contribution >= 4 is 34.1 Å². The molecular weight excluding hydrogens is 392 g/mol. The van der Waals surface area contributed by atoms with Crippen molar-refractivity contribution in [2.75, 3.05) is 5.32 Å². The van der Waals surface area contributed by atoms with Crippen LogP contribution in [0.4, 0.5) is 5.00 Å². The first-order chi connectivity index (χ1) is 14.0. The molecule has 4 atom stereocenters. The number of nitrogens with one attached hydrogen (secondary N) is 2. The lowest BCUT2D eigenvalue weighted by Gasteiger charge is -2.24. The van der Waals surface area contributed by atoms with Gasteiger partial charge in [-0.1, -0.05) is 12.8 Å². The predicted molar refractivity (Wildman–Crippen MR) is 107 cm³/mol. The molecule has 3 N–H and O–H groups in total. The highest BCUT2D eigenvalue weighted by atomic mass is 32.1. The molecule has 1 saturated carbocycles. The van der Waals surface area contributed by atoms with Crippen LogP contribution in [-0.2, 0) is 27.2 Å². The Hall–Kier alpha value is -1.93. The Bertz CT molecular complexity index is 859. The van der Waals surface area contributed by atoms with E-state index in [2.05, 4.69) is 10.6 Å². The van der Waals surface area contributed by atoms with E-state index in [1.165, 1.54) is 11.3 Å². The van der Waals surface area contributed by atoms with Crippen LogP contribution >= 0.6 is 11.3 Å². The zero-order valence-corrected chi connectivity index (χ0v) is 17.1. The van der Waals surface area contributed by atoms with Gasteiger partial charge in [0.1, 0.15) is 5.00 Å². The van der Waals surface area contributed by atoms with Gasteiger partial charge in [0, 0.05) is 10.9 Å². The number of hydrogen-bond acceptors (Lipinski definition) is 5. The van der Waals surface area contributed by atoms with Crippen molar-refractivity contribution < 1.29 is 24.2 Å². The molecule has 3 fully saturated rings. The molecule has 2 saturated heterocycles. The second kappa shape index (κ2) is 7.40. The summed E-state index contributed by atoms with van der Waals surface area (Å²) in [5.74, 6) is -2.93. The van der Waals surface area contributed by atoms with Crippen molar-refractivity contribution in [1.82, 2.24) is 5.32 Å². The summed E-state index contributed by atoms with van der Waals surface area (Å²) in [6.07, 6.45) is 7.75. The lowest BCUT2D eigenvalue weighted by molar-refractivity contribution is -0.147. The van der Waals surface area contributed by atoms with Gasteiger partial charge in [-0.05, 0) is 50.5 Å². The molecule has 1 aromatic heterocycles. The first kappa shape index (κ1) is 19.1. The number of fused-ring (bicyclic) bond motifs is 3. The molecule has 2 amide bonds. The third-order valence-corrected chi connectivity index (χ3v) is 8.14. The second-order valence-corrected chi connectivity index (χ2v) is 9.79. The van der Waals surface area contributed by atoms with E-state index in [9.17, 15) is 19.5 Å². The summed E-state index contributed by atoms with van der Waals surface area (Å²) in [4.78, 5) is 39.0. The summed E-state index contributed by atoms with van der Waals surface area (Å²) >= 11 is 1.47. The Morgan fingerprint density at radius 1 is 0.966 bits per heavy atom. The number of anilines is 1. The maximum Gasteiger partial charge on any atom is 0.310 e. The Labute approximate surface area is 173 Å². The molecule has 0 radical (unpaired) electrons. The van der Waals surface area contributed by atoms with Crippen molar-refractivity contribution in [3.05, 3.63) is 16.0 Å². The number of carboxylic acid groups (broad SMARTS) is 1. The number of carboxylic acids is 1. The predicted octanol–water partition coefficient (Wildman–Crippen LogP) is 2.73. The molecule has 5 rings (SSSR count). The number of aryl methyl sites for hydroxylation is 1. The van der Waals surface area contributed by atoms with Crippen LogP contribution in [0, 0.1) is 11.8 Å². The number of carbonyl (C=O) groups is 3. The number of carbonyl (C=O) groups excluding carboxylic acids is 2. The van der Waals surface area contributed by atoms with E-state index in [4.69, 9.17) is 4.74 Å². The van der Waals surface area contributed by atoms with Crippen LogP contribution in [0.25, 0.3) is 0 Å². The first-order valence-corrected chi connectivity index (χ1v) is 11.5. The van der Waals surface area contributed by atoms with Gasteiger partial charge >= 0.3 is 5.97 Å². The molecule has 1 aromatic rings. The third-order valence-electron chi connectivity index (χ3n) is 6.94. The number of amides is 2. The Morgan fingerprint density at radius 3 is 2.41 bits per heavy atom. The maximum atomic E-state index is 13.1. The number of aliphatic carboxylic acids is 1. The third kappa shape index (κ3) is 3.26. The number of rotatable bonds is 5. The molecule has 29 heavy (non-hydrogen) atoms. The molecule has 2 bridgehead atoms. The van der Waals surface area contributed by atoms with Gasteiger partial charge < -0.3 is 20.5 Å². The lowest BCUT2D eigenvalue weighted by atomic mass is 9.79. The fourth-order valence-electron chi connectivity index (χ4n) is 5.58. The number of ether oxygens (including phenoxy) is 1. The maximum absolute atomic E-state index is 13.1. The van der Waals surface area contributed by atoms with Gasteiger partial charge in [0.25, 0.3) is 5.91 Å². The normalized spacial score (nSPS) is 30.5. The fourth-order valence-corrected chi connectivity index (χ4v) is 6.87. The van der Waals surface area contributed by atoms with Crippen LogP contribution in [-0.4, -0.2) is 41.1 Å². The van der Waals surface area contributed by atoms with Crippen LogP contribution in [0.5, 0.6) is 0 Å². The van der Waals surface area contributed by atoms with Crippen LogP contribution in [0.2, 0.25) is 0 Å². The van der Waals surface area contributed by atoms with Crippen molar-refractivity contribution in [1.29, 1.82) is 0 Å². The van der Waals surface area contributed by atoms with Crippen LogP contribution in [0.3, 0.4) is 0 Å². The van der Waals surface area contributed by atoms with Crippen LogP contribution in [0.1, 0.15) is 65.7 Å². The Morgan fingerprint density at radius 2 is 1.69 bits per heavy atom. The lowest BCUT2D eigenvalue weighted by Crippen LogP contribution is -2.41. The molecule has 0 spiro atoms. The summed E-state index contributed by atoms with van der Waals surface area (Å²) in [7, 11) is 0. The van der Waals surface area contributed by atoms with Gasteiger partial charge in [-0.2, -0.15) is 0 Å². The summed E-state index contributed by atoms with van der Waals surface area (Å²) in [5.41, 5.74) is 1.65. The molecule has 2 aliphatic carbocycles. The Balaban J connectivity index is 1.39. The highest BCUT2D eigenvalue weighted by molar-refractivity contribution is 7.17. The highest BCUT2D eigenvalue weighted by Crippen LogP contribution is 2.45. The number of thiophene rings is 1. The SMILES string of the molecule is O=C(NC1CCCC1)c1c(NC(=O)C2C3CCC(O3)C2C(=O)O)sc2c1CCC2. The van der Waals surface area contributed by atoms with Gasteiger partial charge in [-0.15, -0.1) is 11.3 Å². The first-order valence-electron chi connectivity index (χ1n) is 10.7. The summed E-state index contributed by atoms with van der Waals surface area (Å²) in [6.45, 7) is 0. The Kier molecular flexibility index (Phi) is 4.86. The zero-order chi connectivity index (χ0) is 20.1. The van der Waals surface area contributed by atoms with Crippen LogP contribution in [0.15, 0.2) is 0 Å². The van der Waals surface area contributed by atoms with Crippen molar-refractivity contribution in [3.63, 3.8) is 0 Å². The van der Waals surface area contributed by atoms with E-state index in [0.717, 1.165) is 55.4 Å². The molecule has 156 valence electrons. The quantitative estimate of drug-likeness (QED) is 0.682. The topological polar surface area (TPSA) is 105 Å². The number of hydrogen-bond donors (Lipinski definition) is 3. The van der Waals surface area contributed by atoms with Crippen molar-refractivity contribution in [2.24, 2.45) is 11.8 Å². The van der Waals surface area contributed by atoms with E-state index < -0.39 is 17.8 Å². The van der Waals surface area contributed by atoms with E-state index in [-0.39, 0.29) is 30.1 Å². The standard InChI is InChI=1S/C21H26N2O5S/c24-18(22-10-4-1-2-5-10)15-11-6-3-7-14(11)29-20(15)23-19(25)16-12-8-9-13(28-12)17(16)21(26)27/h10,12-13,16-17H,1-9H2,(H,22,24)(H,23,25)(H,26,27). The molecule has 7 nitrogen and oxygen atoms in total. The van der Waals surface area contributed by atoms with E-state index in [1.807, 2.05) is 0 Å². The molecular formula is C21H26N2O5S. The van der Waals surface area contributed by atoms with Gasteiger partial charge in [0.15, 0.2) is 0 Å². The van der Waals surface area contributed by atoms with E-state index in [0.29, 0.717) is 23.4 Å². The monoisotopic (exact) mass is 418 g/mol. The highest BCUT2D eigenvalue weighted by Gasteiger charge is 2.55. The molecule has 4 unspecified atom stereocenters. The molecule has 3 heterocycles. The fraction of sp³-hybridized carbons (Fsp3) is 0.667. The molecule has 0 aromatic carbocycles. The van der Waals surface area contributed by atoms with Gasteiger partial charge in [0.05, 0.1) is 29.6 Å². The second-order valence-electron chi connectivity index (χ2n) is 8.69. The van der Waals surface area contributed by atoms with Crippen molar-refractivity contribution in [3.8, 4) is 0 Å². The largest absolute Gasteiger partial charge is 0.481 e. The summed E-state index contributed by atoms with van der Waals surface area (Å²) in [6, 6.07) is 0.207. The van der Waals surface area contributed by atoms with Crippen LogP contribution < -0.4 is 10.6 Å². The minimum atomic E-state index is -0.981. The molecule has 4 aliphatic rings. The van der Waals surface area contributed by atoms with E-state index >= 15 is 0 Å².